The molecule has 2 aromatic rings. The number of halogens is 6. The molecule has 0 bridgehead atoms. The van der Waals surface area contributed by atoms with Crippen molar-refractivity contribution in [3.8, 4) is 5.75 Å². The fourth-order valence-electron chi connectivity index (χ4n) is 2.83. The van der Waals surface area contributed by atoms with Gasteiger partial charge in [0.2, 0.25) is 11.8 Å². The van der Waals surface area contributed by atoms with E-state index >= 15 is 0 Å². The molecule has 0 aliphatic heterocycles. The Hall–Kier alpha value is -3.16. The number of carbonyl (C=O) groups is 1. The molecule has 3 rings (SSSR count). The second-order valence-electron chi connectivity index (χ2n) is 6.84. The van der Waals surface area contributed by atoms with Crippen LogP contribution < -0.4 is 10.1 Å². The van der Waals surface area contributed by atoms with Gasteiger partial charge in [-0.15, -0.1) is 36.5 Å². The van der Waals surface area contributed by atoms with Crippen molar-refractivity contribution >= 4 is 11.5 Å². The second kappa shape index (κ2) is 9.14. The van der Waals surface area contributed by atoms with Gasteiger partial charge >= 0.3 is 12.7 Å². The van der Waals surface area contributed by atoms with Crippen LogP contribution in [-0.2, 0) is 4.74 Å². The summed E-state index contributed by atoms with van der Waals surface area (Å²) in [5.41, 5.74) is 0.263. The molecule has 1 aliphatic rings. The molecular weight excluding hydrogens is 450 g/mol. The molecule has 0 spiro atoms. The molecule has 174 valence electrons. The lowest BCUT2D eigenvalue weighted by atomic mass is 9.82. The smallest absolute Gasteiger partial charge is 0.421 e. The zero-order valence-electron chi connectivity index (χ0n) is 16.2. The zero-order valence-corrected chi connectivity index (χ0v) is 16.2. The molecule has 1 aliphatic carbocycles. The average Bonchev–Trinajstić information content (AvgIpc) is 3.12. The van der Waals surface area contributed by atoms with Crippen LogP contribution >= 0.6 is 0 Å². The predicted octanol–water partition coefficient (Wildman–Crippen LogP) is 3.98. The molecule has 14 heteroatoms. The topological polar surface area (TPSA) is 99.4 Å². The highest BCUT2D eigenvalue weighted by Gasteiger charge is 2.42. The van der Waals surface area contributed by atoms with Crippen LogP contribution in [-0.4, -0.2) is 46.5 Å². The van der Waals surface area contributed by atoms with E-state index in [2.05, 4.69) is 36.6 Å². The van der Waals surface area contributed by atoms with Crippen molar-refractivity contribution in [1.29, 1.82) is 0 Å². The van der Waals surface area contributed by atoms with Gasteiger partial charge in [0.05, 0.1) is 12.3 Å². The molecule has 0 radical (unpaired) electrons. The lowest BCUT2D eigenvalue weighted by Crippen LogP contribution is -2.34. The van der Waals surface area contributed by atoms with E-state index in [9.17, 15) is 31.1 Å². The van der Waals surface area contributed by atoms with Gasteiger partial charge in [0, 0.05) is 18.0 Å². The number of nitrogens with one attached hydrogen (secondary N) is 1. The minimum absolute atomic E-state index is 0.0845. The van der Waals surface area contributed by atoms with Gasteiger partial charge in [-0.25, -0.2) is 4.98 Å². The van der Waals surface area contributed by atoms with E-state index in [1.165, 1.54) is 0 Å². The molecule has 0 saturated heterocycles. The largest absolute Gasteiger partial charge is 0.573 e. The van der Waals surface area contributed by atoms with Crippen LogP contribution in [0.4, 0.5) is 26.3 Å². The summed E-state index contributed by atoms with van der Waals surface area (Å²) in [5.74, 6) is -1.27. The summed E-state index contributed by atoms with van der Waals surface area (Å²) in [5, 5.41) is 10.1. The van der Waals surface area contributed by atoms with E-state index in [0.29, 0.717) is 5.57 Å². The van der Waals surface area contributed by atoms with Gasteiger partial charge in [-0.3, -0.25) is 9.53 Å². The highest BCUT2D eigenvalue weighted by Crippen LogP contribution is 2.41. The van der Waals surface area contributed by atoms with Crippen LogP contribution in [0.3, 0.4) is 0 Å². The van der Waals surface area contributed by atoms with Crippen molar-refractivity contribution < 1.29 is 45.0 Å². The van der Waals surface area contributed by atoms with Crippen molar-refractivity contribution in [2.24, 2.45) is 0 Å². The molecule has 1 N–H and O–H groups in total. The molecule has 0 unspecified atom stereocenters. The van der Waals surface area contributed by atoms with Crippen molar-refractivity contribution in [2.75, 3.05) is 6.54 Å². The van der Waals surface area contributed by atoms with E-state index < -0.39 is 30.5 Å². The van der Waals surface area contributed by atoms with Gasteiger partial charge in [0.15, 0.2) is 0 Å². The van der Waals surface area contributed by atoms with Crippen LogP contribution in [0, 0.1) is 0 Å². The molecule has 8 nitrogen and oxygen atoms in total. The number of rotatable bonds is 8. The molecule has 32 heavy (non-hydrogen) atoms. The number of ether oxygens (including phenoxy) is 2. The van der Waals surface area contributed by atoms with Crippen molar-refractivity contribution in [2.45, 2.75) is 44.0 Å². The van der Waals surface area contributed by atoms with Crippen LogP contribution in [0.5, 0.6) is 5.75 Å². The van der Waals surface area contributed by atoms with E-state index in [4.69, 9.17) is 4.42 Å². The Bertz CT molecular complexity index is 952. The second-order valence-corrected chi connectivity index (χ2v) is 6.84. The molecule has 0 aromatic carbocycles. The minimum Gasteiger partial charge on any atom is -0.421 e. The minimum atomic E-state index is -4.86. The van der Waals surface area contributed by atoms with Gasteiger partial charge in [0.25, 0.3) is 5.91 Å². The number of hydrogen-bond donors (Lipinski definition) is 1. The Labute approximate surface area is 176 Å². The van der Waals surface area contributed by atoms with E-state index in [0.717, 1.165) is 18.3 Å². The molecule has 1 saturated carbocycles. The molecule has 2 heterocycles. The summed E-state index contributed by atoms with van der Waals surface area (Å²) in [4.78, 5) is 15.6. The third kappa shape index (κ3) is 6.67. The first kappa shape index (κ1) is 23.5. The number of nitrogens with zero attached hydrogens (tertiary/aromatic N) is 3. The number of amides is 1. The van der Waals surface area contributed by atoms with E-state index in [1.54, 1.807) is 0 Å². The quantitative estimate of drug-likeness (QED) is 0.588. The Balaban J connectivity index is 1.42. The van der Waals surface area contributed by atoms with Crippen molar-refractivity contribution in [3.63, 3.8) is 0 Å². The zero-order chi connectivity index (χ0) is 23.5. The van der Waals surface area contributed by atoms with E-state index in [1.807, 2.05) is 0 Å². The maximum absolute atomic E-state index is 12.2. The number of hydrogen-bond acceptors (Lipinski definition) is 7. The van der Waals surface area contributed by atoms with Gasteiger partial charge in [-0.05, 0) is 31.4 Å². The highest BCUT2D eigenvalue weighted by molar-refractivity contribution is 5.92. The maximum Gasteiger partial charge on any atom is 0.573 e. The molecule has 1 amide bonds. The Kier molecular flexibility index (Phi) is 6.71. The Morgan fingerprint density at radius 1 is 1.16 bits per heavy atom. The Morgan fingerprint density at radius 3 is 2.47 bits per heavy atom. The lowest BCUT2D eigenvalue weighted by Gasteiger charge is -2.32. The number of alkyl halides is 6. The Morgan fingerprint density at radius 2 is 1.88 bits per heavy atom. The van der Waals surface area contributed by atoms with Crippen LogP contribution in [0.1, 0.15) is 47.5 Å². The predicted molar refractivity (Wildman–Crippen MR) is 94.1 cm³/mol. The number of pyridine rings is 1. The summed E-state index contributed by atoms with van der Waals surface area (Å²) in [6.45, 7) is 3.85. The summed E-state index contributed by atoms with van der Waals surface area (Å²) in [7, 11) is 0. The molecule has 2 aromatic heterocycles. The van der Waals surface area contributed by atoms with Crippen molar-refractivity contribution in [3.05, 3.63) is 42.4 Å². The first-order valence-corrected chi connectivity index (χ1v) is 9.16. The third-order valence-electron chi connectivity index (χ3n) is 4.40. The first-order valence-electron chi connectivity index (χ1n) is 9.16. The van der Waals surface area contributed by atoms with Gasteiger partial charge < -0.3 is 14.5 Å². The van der Waals surface area contributed by atoms with Crippen molar-refractivity contribution in [1.82, 2.24) is 20.5 Å². The monoisotopic (exact) mass is 466 g/mol. The highest BCUT2D eigenvalue weighted by atomic mass is 19.4. The lowest BCUT2D eigenvalue weighted by molar-refractivity contribution is -0.352. The average molecular weight is 466 g/mol. The summed E-state index contributed by atoms with van der Waals surface area (Å²) < 4.78 is 85.9. The first-order chi connectivity index (χ1) is 14.9. The third-order valence-corrected chi connectivity index (χ3v) is 4.40. The maximum atomic E-state index is 12.2. The van der Waals surface area contributed by atoms with Crippen LogP contribution in [0.25, 0.3) is 5.57 Å². The molecule has 1 fully saturated rings. The number of aromatic nitrogens is 3. The fraction of sp³-hybridized carbons (Fsp3) is 0.444. The fourth-order valence-corrected chi connectivity index (χ4v) is 2.83. The van der Waals surface area contributed by atoms with Gasteiger partial charge in [-0.1, -0.05) is 6.58 Å². The number of carbonyl (C=O) groups excluding carboxylic acids is 1. The molecule has 0 atom stereocenters. The summed E-state index contributed by atoms with van der Waals surface area (Å²) in [6, 6.07) is 2.03. The normalized spacial score (nSPS) is 18.7. The van der Waals surface area contributed by atoms with E-state index in [-0.39, 0.29) is 49.2 Å². The summed E-state index contributed by atoms with van der Waals surface area (Å²) >= 11 is 0. The van der Waals surface area contributed by atoms with Crippen LogP contribution in [0.2, 0.25) is 0 Å². The SMILES string of the molecule is C=C(CCNC(=O)c1ccc(OC(F)(F)F)cn1)c1nnc([C@H]2C[C@@H](OC(F)(F)F)C2)o1. The van der Waals surface area contributed by atoms with Gasteiger partial charge in [0.1, 0.15) is 11.4 Å². The van der Waals surface area contributed by atoms with Crippen LogP contribution in [0.15, 0.2) is 29.3 Å². The molecular formula is C18H16F6N4O4. The standard InChI is InChI=1S/C18H16F6N4O4/c1-9(15-27-28-16(30-15)10-6-12(7-10)32-18(22,23)24)4-5-25-14(29)13-3-2-11(8-26-13)31-17(19,20)21/h2-3,8,10,12H,1,4-7H2,(H,25,29)/t10-,12+. The summed E-state index contributed by atoms with van der Waals surface area (Å²) in [6.07, 6.45) is -9.33. The van der Waals surface area contributed by atoms with Gasteiger partial charge in [-0.2, -0.15) is 0 Å².